The largest absolute Gasteiger partial charge is 0.352 e. The second-order valence-electron chi connectivity index (χ2n) is 4.92. The SMILES string of the molecule is C[C@H]1CCCN(C(=O)NCCNc2ncccn2)C1. The number of likely N-dealkylation sites (tertiary alicyclic amines) is 1. The fraction of sp³-hybridized carbons (Fsp3) is 0.615. The van der Waals surface area contributed by atoms with Gasteiger partial charge in [-0.25, -0.2) is 14.8 Å². The number of carbonyl (C=O) groups is 1. The molecule has 1 aromatic rings. The Morgan fingerprint density at radius 3 is 2.95 bits per heavy atom. The van der Waals surface area contributed by atoms with Gasteiger partial charge < -0.3 is 15.5 Å². The average molecular weight is 263 g/mol. The predicted molar refractivity (Wildman–Crippen MR) is 73.9 cm³/mol. The van der Waals surface area contributed by atoms with Crippen molar-refractivity contribution >= 4 is 12.0 Å². The van der Waals surface area contributed by atoms with Crippen LogP contribution in [0.1, 0.15) is 19.8 Å². The topological polar surface area (TPSA) is 70.2 Å². The van der Waals surface area contributed by atoms with Crippen molar-refractivity contribution in [2.45, 2.75) is 19.8 Å². The van der Waals surface area contributed by atoms with E-state index in [4.69, 9.17) is 0 Å². The van der Waals surface area contributed by atoms with Crippen LogP contribution < -0.4 is 10.6 Å². The molecule has 1 aliphatic rings. The summed E-state index contributed by atoms with van der Waals surface area (Å²) in [4.78, 5) is 21.9. The number of hydrogen-bond donors (Lipinski definition) is 2. The number of carbonyl (C=O) groups excluding carboxylic acids is 1. The van der Waals surface area contributed by atoms with Gasteiger partial charge in [0.2, 0.25) is 5.95 Å². The van der Waals surface area contributed by atoms with E-state index >= 15 is 0 Å². The Morgan fingerprint density at radius 2 is 2.21 bits per heavy atom. The highest BCUT2D eigenvalue weighted by Crippen LogP contribution is 2.14. The number of amides is 2. The molecule has 0 saturated carbocycles. The Morgan fingerprint density at radius 1 is 1.42 bits per heavy atom. The minimum atomic E-state index is 0.0299. The molecule has 0 aliphatic carbocycles. The zero-order chi connectivity index (χ0) is 13.5. The lowest BCUT2D eigenvalue weighted by Gasteiger charge is -2.30. The van der Waals surface area contributed by atoms with Gasteiger partial charge in [0.05, 0.1) is 0 Å². The quantitative estimate of drug-likeness (QED) is 0.804. The first-order valence-corrected chi connectivity index (χ1v) is 6.79. The summed E-state index contributed by atoms with van der Waals surface area (Å²) in [5.41, 5.74) is 0. The van der Waals surface area contributed by atoms with E-state index in [0.29, 0.717) is 25.0 Å². The minimum absolute atomic E-state index is 0.0299. The number of nitrogens with zero attached hydrogens (tertiary/aromatic N) is 3. The van der Waals surface area contributed by atoms with Gasteiger partial charge in [-0.3, -0.25) is 0 Å². The van der Waals surface area contributed by atoms with E-state index in [0.717, 1.165) is 19.5 Å². The lowest BCUT2D eigenvalue weighted by Crippen LogP contribution is -2.46. The Kier molecular flexibility index (Phi) is 4.94. The van der Waals surface area contributed by atoms with E-state index in [1.54, 1.807) is 18.5 Å². The zero-order valence-corrected chi connectivity index (χ0v) is 11.3. The van der Waals surface area contributed by atoms with Crippen LogP contribution in [-0.2, 0) is 0 Å². The third kappa shape index (κ3) is 4.39. The molecule has 1 saturated heterocycles. The summed E-state index contributed by atoms with van der Waals surface area (Å²) in [5, 5.41) is 5.97. The number of rotatable bonds is 4. The summed E-state index contributed by atoms with van der Waals surface area (Å²) >= 11 is 0. The minimum Gasteiger partial charge on any atom is -0.352 e. The van der Waals surface area contributed by atoms with Gasteiger partial charge in [-0.05, 0) is 24.8 Å². The molecule has 19 heavy (non-hydrogen) atoms. The molecule has 2 amide bonds. The van der Waals surface area contributed by atoms with Crippen molar-refractivity contribution in [1.29, 1.82) is 0 Å². The van der Waals surface area contributed by atoms with Crippen molar-refractivity contribution in [1.82, 2.24) is 20.2 Å². The number of hydrogen-bond acceptors (Lipinski definition) is 4. The molecule has 0 aromatic carbocycles. The van der Waals surface area contributed by atoms with Crippen molar-refractivity contribution in [3.05, 3.63) is 18.5 Å². The van der Waals surface area contributed by atoms with E-state index in [2.05, 4.69) is 27.5 Å². The first-order chi connectivity index (χ1) is 9.25. The van der Waals surface area contributed by atoms with Crippen LogP contribution in [0, 0.1) is 5.92 Å². The van der Waals surface area contributed by atoms with Gasteiger partial charge in [0.25, 0.3) is 0 Å². The number of anilines is 1. The van der Waals surface area contributed by atoms with Crippen LogP contribution in [0.25, 0.3) is 0 Å². The highest BCUT2D eigenvalue weighted by atomic mass is 16.2. The summed E-state index contributed by atoms with van der Waals surface area (Å²) in [5.74, 6) is 1.19. The van der Waals surface area contributed by atoms with Crippen LogP contribution in [0.5, 0.6) is 0 Å². The zero-order valence-electron chi connectivity index (χ0n) is 11.3. The number of piperidine rings is 1. The van der Waals surface area contributed by atoms with Gasteiger partial charge in [-0.1, -0.05) is 6.92 Å². The summed E-state index contributed by atoms with van der Waals surface area (Å²) < 4.78 is 0. The maximum atomic E-state index is 11.9. The van der Waals surface area contributed by atoms with Gasteiger partial charge >= 0.3 is 6.03 Å². The molecule has 0 bridgehead atoms. The number of nitrogens with one attached hydrogen (secondary N) is 2. The lowest BCUT2D eigenvalue weighted by atomic mass is 10.0. The smallest absolute Gasteiger partial charge is 0.317 e. The van der Waals surface area contributed by atoms with Crippen molar-refractivity contribution < 1.29 is 4.79 Å². The molecule has 1 atom stereocenters. The van der Waals surface area contributed by atoms with Gasteiger partial charge in [0.15, 0.2) is 0 Å². The molecular formula is C13H21N5O. The van der Waals surface area contributed by atoms with Crippen LogP contribution in [-0.4, -0.2) is 47.1 Å². The van der Waals surface area contributed by atoms with Crippen molar-refractivity contribution in [2.75, 3.05) is 31.5 Å². The fourth-order valence-electron chi connectivity index (χ4n) is 2.22. The van der Waals surface area contributed by atoms with Gasteiger partial charge in [-0.15, -0.1) is 0 Å². The highest BCUT2D eigenvalue weighted by molar-refractivity contribution is 5.74. The first-order valence-electron chi connectivity index (χ1n) is 6.79. The van der Waals surface area contributed by atoms with Crippen molar-refractivity contribution in [3.63, 3.8) is 0 Å². The average Bonchev–Trinajstić information content (AvgIpc) is 2.44. The molecular weight excluding hydrogens is 242 g/mol. The van der Waals surface area contributed by atoms with Gasteiger partial charge in [-0.2, -0.15) is 0 Å². The number of aromatic nitrogens is 2. The van der Waals surface area contributed by atoms with E-state index in [9.17, 15) is 4.79 Å². The van der Waals surface area contributed by atoms with E-state index < -0.39 is 0 Å². The molecule has 2 N–H and O–H groups in total. The predicted octanol–water partition coefficient (Wildman–Crippen LogP) is 1.33. The normalized spacial score (nSPS) is 19.0. The second kappa shape index (κ2) is 6.92. The molecule has 1 fully saturated rings. The molecule has 6 nitrogen and oxygen atoms in total. The Bertz CT molecular complexity index is 397. The maximum absolute atomic E-state index is 11.9. The molecule has 0 unspecified atom stereocenters. The van der Waals surface area contributed by atoms with Crippen LogP contribution >= 0.6 is 0 Å². The second-order valence-corrected chi connectivity index (χ2v) is 4.92. The van der Waals surface area contributed by atoms with Gasteiger partial charge in [0.1, 0.15) is 0 Å². The molecule has 2 rings (SSSR count). The molecule has 0 radical (unpaired) electrons. The third-order valence-corrected chi connectivity index (χ3v) is 3.19. The van der Waals surface area contributed by atoms with Crippen molar-refractivity contribution in [2.24, 2.45) is 5.92 Å². The van der Waals surface area contributed by atoms with E-state index in [1.165, 1.54) is 6.42 Å². The van der Waals surface area contributed by atoms with Crippen LogP contribution in [0.15, 0.2) is 18.5 Å². The molecule has 2 heterocycles. The third-order valence-electron chi connectivity index (χ3n) is 3.19. The summed E-state index contributed by atoms with van der Waals surface area (Å²) in [6.07, 6.45) is 5.69. The van der Waals surface area contributed by atoms with Crippen LogP contribution in [0.4, 0.5) is 10.7 Å². The molecule has 6 heteroatoms. The van der Waals surface area contributed by atoms with Gasteiger partial charge in [0, 0.05) is 38.6 Å². The van der Waals surface area contributed by atoms with E-state index in [1.807, 2.05) is 4.90 Å². The first kappa shape index (κ1) is 13.6. The number of urea groups is 1. The molecule has 1 aromatic heterocycles. The highest BCUT2D eigenvalue weighted by Gasteiger charge is 2.20. The lowest BCUT2D eigenvalue weighted by molar-refractivity contribution is 0.170. The van der Waals surface area contributed by atoms with Crippen molar-refractivity contribution in [3.8, 4) is 0 Å². The standard InChI is InChI=1S/C13H21N5O/c1-11-4-2-9-18(10-11)13(19)17-8-7-16-12-14-5-3-6-15-12/h3,5-6,11H,2,4,7-10H2,1H3,(H,17,19)(H,14,15,16)/t11-/m0/s1. The summed E-state index contributed by atoms with van der Waals surface area (Å²) in [6, 6.07) is 1.80. The molecule has 1 aliphatic heterocycles. The molecule has 0 spiro atoms. The Labute approximate surface area is 113 Å². The van der Waals surface area contributed by atoms with Crippen LogP contribution in [0.3, 0.4) is 0 Å². The van der Waals surface area contributed by atoms with E-state index in [-0.39, 0.29) is 6.03 Å². The summed E-state index contributed by atoms with van der Waals surface area (Å²) in [7, 11) is 0. The molecule has 104 valence electrons. The Balaban J connectivity index is 1.64. The monoisotopic (exact) mass is 263 g/mol. The maximum Gasteiger partial charge on any atom is 0.317 e. The summed E-state index contributed by atoms with van der Waals surface area (Å²) in [6.45, 7) is 5.11. The fourth-order valence-corrected chi connectivity index (χ4v) is 2.22. The Hall–Kier alpha value is -1.85. The van der Waals surface area contributed by atoms with Crippen LogP contribution in [0.2, 0.25) is 0 Å².